The van der Waals surface area contributed by atoms with Crippen molar-refractivity contribution in [2.45, 2.75) is 31.8 Å². The van der Waals surface area contributed by atoms with Gasteiger partial charge in [0.25, 0.3) is 0 Å². The lowest BCUT2D eigenvalue weighted by Crippen LogP contribution is -2.47. The maximum Gasteiger partial charge on any atom is 0.323 e. The number of rotatable bonds is 3. The van der Waals surface area contributed by atoms with E-state index in [0.717, 1.165) is 6.42 Å². The summed E-state index contributed by atoms with van der Waals surface area (Å²) in [4.78, 5) is 13.2. The van der Waals surface area contributed by atoms with Crippen molar-refractivity contribution in [2.24, 2.45) is 0 Å². The minimum atomic E-state index is -0.932. The highest BCUT2D eigenvalue weighted by molar-refractivity contribution is 5.78. The molecule has 1 fully saturated rings. The third-order valence-corrected chi connectivity index (χ3v) is 3.80. The maximum atomic E-state index is 13.3. The Morgan fingerprint density at radius 3 is 3.00 bits per heavy atom. The molecule has 0 aromatic heterocycles. The minimum absolute atomic E-state index is 0.281. The third-order valence-electron chi connectivity index (χ3n) is 3.80. The number of nitrogens with zero attached hydrogens (tertiary/aromatic N) is 2. The number of halogens is 1. The first kappa shape index (κ1) is 13.5. The maximum absolute atomic E-state index is 13.3. The summed E-state index contributed by atoms with van der Waals surface area (Å²) < 4.78 is 13.3. The number of nitriles is 1. The molecule has 1 N–H and O–H groups in total. The first-order valence-corrected chi connectivity index (χ1v) is 6.14. The smallest absolute Gasteiger partial charge is 0.323 e. The van der Waals surface area contributed by atoms with Crippen molar-refractivity contribution in [3.8, 4) is 6.07 Å². The number of hydrogen-bond acceptors (Lipinski definition) is 3. The Labute approximate surface area is 111 Å². The molecule has 0 saturated carbocycles. The first-order chi connectivity index (χ1) is 8.97. The van der Waals surface area contributed by atoms with Crippen molar-refractivity contribution in [2.75, 3.05) is 6.54 Å². The van der Waals surface area contributed by atoms with Crippen LogP contribution in [0.2, 0.25) is 0 Å². The quantitative estimate of drug-likeness (QED) is 0.906. The zero-order valence-electron chi connectivity index (χ0n) is 10.7. The van der Waals surface area contributed by atoms with E-state index in [-0.39, 0.29) is 6.54 Å². The standard InChI is InChI=1S/C14H15FN2O2/c1-14(13(18)19)5-2-6-17(14)9-11-7-12(15)4-3-10(11)8-16/h3-4,7H,2,5-6,9H2,1H3,(H,18,19). The van der Waals surface area contributed by atoms with Crippen LogP contribution in [0.5, 0.6) is 0 Å². The van der Waals surface area contributed by atoms with Gasteiger partial charge in [-0.2, -0.15) is 5.26 Å². The van der Waals surface area contributed by atoms with E-state index in [1.54, 1.807) is 11.8 Å². The lowest BCUT2D eigenvalue weighted by atomic mass is 9.98. The molecule has 0 bridgehead atoms. The fourth-order valence-corrected chi connectivity index (χ4v) is 2.52. The van der Waals surface area contributed by atoms with Crippen LogP contribution in [0, 0.1) is 17.1 Å². The number of aliphatic carboxylic acids is 1. The molecule has 0 aliphatic carbocycles. The second kappa shape index (κ2) is 4.98. The van der Waals surface area contributed by atoms with Crippen molar-refractivity contribution in [3.63, 3.8) is 0 Å². The summed E-state index contributed by atoms with van der Waals surface area (Å²) in [6.07, 6.45) is 1.36. The molecule has 4 nitrogen and oxygen atoms in total. The molecule has 1 aliphatic rings. The van der Waals surface area contributed by atoms with Gasteiger partial charge in [-0.3, -0.25) is 9.69 Å². The molecule has 100 valence electrons. The number of benzene rings is 1. The second-order valence-electron chi connectivity index (χ2n) is 5.02. The predicted molar refractivity (Wildman–Crippen MR) is 66.8 cm³/mol. The Morgan fingerprint density at radius 1 is 1.63 bits per heavy atom. The summed E-state index contributed by atoms with van der Waals surface area (Å²) in [6.45, 7) is 2.60. The molecule has 19 heavy (non-hydrogen) atoms. The molecule has 1 atom stereocenters. The van der Waals surface area contributed by atoms with Crippen molar-refractivity contribution >= 4 is 5.97 Å². The number of carboxylic acids is 1. The highest BCUT2D eigenvalue weighted by atomic mass is 19.1. The summed E-state index contributed by atoms with van der Waals surface area (Å²) in [7, 11) is 0. The van der Waals surface area contributed by atoms with Gasteiger partial charge in [0.15, 0.2) is 0 Å². The second-order valence-corrected chi connectivity index (χ2v) is 5.02. The van der Waals surface area contributed by atoms with Gasteiger partial charge >= 0.3 is 5.97 Å². The van der Waals surface area contributed by atoms with Crippen LogP contribution >= 0.6 is 0 Å². The van der Waals surface area contributed by atoms with Crippen LogP contribution in [-0.4, -0.2) is 28.1 Å². The lowest BCUT2D eigenvalue weighted by Gasteiger charge is -2.31. The number of carbonyl (C=O) groups is 1. The third kappa shape index (κ3) is 2.45. The van der Waals surface area contributed by atoms with Crippen molar-refractivity contribution < 1.29 is 14.3 Å². The molecule has 1 heterocycles. The lowest BCUT2D eigenvalue weighted by molar-refractivity contribution is -0.148. The van der Waals surface area contributed by atoms with Crippen molar-refractivity contribution in [1.82, 2.24) is 4.90 Å². The van der Waals surface area contributed by atoms with Gasteiger partial charge in [0.2, 0.25) is 0 Å². The molecule has 1 aromatic rings. The highest BCUT2D eigenvalue weighted by Gasteiger charge is 2.43. The Balaban J connectivity index is 2.29. The predicted octanol–water partition coefficient (Wildman–Crippen LogP) is 2.14. The molecule has 0 amide bonds. The highest BCUT2D eigenvalue weighted by Crippen LogP contribution is 2.31. The topological polar surface area (TPSA) is 64.3 Å². The monoisotopic (exact) mass is 262 g/mol. The Bertz CT molecular complexity index is 553. The van der Waals surface area contributed by atoms with E-state index in [1.165, 1.54) is 18.2 Å². The number of likely N-dealkylation sites (tertiary alicyclic amines) is 1. The van der Waals surface area contributed by atoms with Gasteiger partial charge in [0.05, 0.1) is 11.6 Å². The van der Waals surface area contributed by atoms with Crippen LogP contribution in [-0.2, 0) is 11.3 Å². The Hall–Kier alpha value is -1.93. The largest absolute Gasteiger partial charge is 0.480 e. The van der Waals surface area contributed by atoms with Crippen LogP contribution in [0.1, 0.15) is 30.9 Å². The van der Waals surface area contributed by atoms with Crippen LogP contribution < -0.4 is 0 Å². The molecular weight excluding hydrogens is 247 g/mol. The Morgan fingerprint density at radius 2 is 2.37 bits per heavy atom. The summed E-state index contributed by atoms with van der Waals surface area (Å²) in [5, 5.41) is 18.3. The molecular formula is C14H15FN2O2. The Kier molecular flexibility index (Phi) is 3.54. The molecule has 1 aliphatic heterocycles. The van der Waals surface area contributed by atoms with E-state index < -0.39 is 17.3 Å². The number of hydrogen-bond donors (Lipinski definition) is 1. The van der Waals surface area contributed by atoms with Crippen LogP contribution in [0.3, 0.4) is 0 Å². The SMILES string of the molecule is CC1(C(=O)O)CCCN1Cc1cc(F)ccc1C#N. The molecule has 1 aromatic carbocycles. The summed E-state index contributed by atoms with van der Waals surface area (Å²) >= 11 is 0. The first-order valence-electron chi connectivity index (χ1n) is 6.14. The van der Waals surface area contributed by atoms with Gasteiger partial charge in [-0.05, 0) is 50.1 Å². The van der Waals surface area contributed by atoms with Crippen LogP contribution in [0.25, 0.3) is 0 Å². The van der Waals surface area contributed by atoms with E-state index in [9.17, 15) is 14.3 Å². The summed E-state index contributed by atoms with van der Waals surface area (Å²) in [5.41, 5.74) is -0.00288. The van der Waals surface area contributed by atoms with E-state index in [0.29, 0.717) is 24.1 Å². The molecule has 0 radical (unpaired) electrons. The van der Waals surface area contributed by atoms with Gasteiger partial charge in [0.1, 0.15) is 11.4 Å². The van der Waals surface area contributed by atoms with Gasteiger partial charge in [0, 0.05) is 6.54 Å². The van der Waals surface area contributed by atoms with E-state index >= 15 is 0 Å². The normalized spacial score (nSPS) is 23.2. The average Bonchev–Trinajstić information content (AvgIpc) is 2.73. The summed E-state index contributed by atoms with van der Waals surface area (Å²) in [6, 6.07) is 5.99. The van der Waals surface area contributed by atoms with Crippen LogP contribution in [0.4, 0.5) is 4.39 Å². The van der Waals surface area contributed by atoms with E-state index in [1.807, 2.05) is 6.07 Å². The van der Waals surface area contributed by atoms with E-state index in [4.69, 9.17) is 5.26 Å². The average molecular weight is 262 g/mol. The molecule has 5 heteroatoms. The molecule has 1 unspecified atom stereocenters. The van der Waals surface area contributed by atoms with Crippen molar-refractivity contribution in [1.29, 1.82) is 5.26 Å². The fourth-order valence-electron chi connectivity index (χ4n) is 2.52. The van der Waals surface area contributed by atoms with Crippen LogP contribution in [0.15, 0.2) is 18.2 Å². The van der Waals surface area contributed by atoms with Crippen molar-refractivity contribution in [3.05, 3.63) is 35.1 Å². The number of carboxylic acid groups (broad SMARTS) is 1. The molecule has 2 rings (SSSR count). The van der Waals surface area contributed by atoms with Gasteiger partial charge in [-0.1, -0.05) is 0 Å². The zero-order valence-corrected chi connectivity index (χ0v) is 10.7. The summed E-state index contributed by atoms with van der Waals surface area (Å²) in [5.74, 6) is -1.29. The van der Waals surface area contributed by atoms with Gasteiger partial charge in [-0.25, -0.2) is 4.39 Å². The van der Waals surface area contributed by atoms with Gasteiger partial charge in [-0.15, -0.1) is 0 Å². The fraction of sp³-hybridized carbons (Fsp3) is 0.429. The minimum Gasteiger partial charge on any atom is -0.480 e. The zero-order chi connectivity index (χ0) is 14.0. The molecule has 1 saturated heterocycles. The molecule has 0 spiro atoms. The van der Waals surface area contributed by atoms with E-state index in [2.05, 4.69) is 0 Å². The van der Waals surface area contributed by atoms with Gasteiger partial charge < -0.3 is 5.11 Å².